The Hall–Kier alpha value is -3.16. The average molecular weight is 409 g/mol. The van der Waals surface area contributed by atoms with E-state index in [0.717, 1.165) is 17.8 Å². The first-order valence-corrected chi connectivity index (χ1v) is 10.4. The number of carbonyl (C=O) groups is 1. The number of nitrogens with one attached hydrogen (secondary N) is 1. The minimum atomic E-state index is -0.108. The number of pyridine rings is 1. The molecule has 1 N–H and O–H groups in total. The van der Waals surface area contributed by atoms with Crippen LogP contribution in [-0.2, 0) is 25.0 Å². The fourth-order valence-corrected chi connectivity index (χ4v) is 3.76. The van der Waals surface area contributed by atoms with Crippen LogP contribution in [0.5, 0.6) is 0 Å². The summed E-state index contributed by atoms with van der Waals surface area (Å²) < 4.78 is 5.27. The summed E-state index contributed by atoms with van der Waals surface area (Å²) in [6.45, 7) is 7.26. The van der Waals surface area contributed by atoms with Gasteiger partial charge in [-0.3, -0.25) is 14.3 Å². The number of rotatable bonds is 4. The average Bonchev–Trinajstić information content (AvgIpc) is 3.26. The van der Waals surface area contributed by atoms with Gasteiger partial charge in [-0.2, -0.15) is 5.10 Å². The first-order chi connectivity index (χ1) is 14.3. The van der Waals surface area contributed by atoms with Crippen LogP contribution in [0.3, 0.4) is 0 Å². The van der Waals surface area contributed by atoms with Gasteiger partial charge in [-0.15, -0.1) is 0 Å². The van der Waals surface area contributed by atoms with Gasteiger partial charge < -0.3 is 9.88 Å². The molecule has 0 bridgehead atoms. The number of hydrogen-bond donors (Lipinski definition) is 1. The number of carbonyl (C=O) groups excluding carboxylic acids is 1. The van der Waals surface area contributed by atoms with E-state index in [2.05, 4.69) is 36.2 Å². The monoisotopic (exact) mass is 408 g/mol. The fourth-order valence-electron chi connectivity index (χ4n) is 3.76. The van der Waals surface area contributed by atoms with Crippen molar-refractivity contribution in [1.82, 2.24) is 29.2 Å². The van der Waals surface area contributed by atoms with Gasteiger partial charge in [0.05, 0.1) is 12.1 Å². The van der Waals surface area contributed by atoms with Crippen molar-refractivity contribution < 1.29 is 4.79 Å². The van der Waals surface area contributed by atoms with Crippen molar-refractivity contribution in [3.8, 4) is 0 Å². The molecular formula is C22H28N6O2. The quantitative estimate of drug-likeness (QED) is 0.717. The molecule has 1 aliphatic rings. The van der Waals surface area contributed by atoms with Crippen molar-refractivity contribution in [2.24, 2.45) is 0 Å². The molecule has 8 heteroatoms. The van der Waals surface area contributed by atoms with Crippen LogP contribution in [0, 0.1) is 0 Å². The summed E-state index contributed by atoms with van der Waals surface area (Å²) in [7, 11) is 0. The van der Waals surface area contributed by atoms with Gasteiger partial charge in [0.2, 0.25) is 0 Å². The van der Waals surface area contributed by atoms with Gasteiger partial charge in [-0.25, -0.2) is 9.48 Å². The van der Waals surface area contributed by atoms with Crippen LogP contribution >= 0.6 is 0 Å². The summed E-state index contributed by atoms with van der Waals surface area (Å²) in [5, 5.41) is 7.66. The maximum Gasteiger partial charge on any atom is 0.346 e. The predicted molar refractivity (Wildman–Crippen MR) is 113 cm³/mol. The zero-order chi connectivity index (χ0) is 21.3. The predicted octanol–water partition coefficient (Wildman–Crippen LogP) is 2.18. The standard InChI is InChI=1S/C22H28N6O2/c1-22(2,3)26-11-8-17(15-26)20(29)24-18-6-7-19-25-28(21(30)27(19)12-9-18)14-16-5-4-10-23-13-16/h4-5,8,10-11,13,15,18H,6-7,9,12,14H2,1-3H3,(H,24,29). The normalized spacial score (nSPS) is 16.7. The lowest BCUT2D eigenvalue weighted by Gasteiger charge is -2.21. The Morgan fingerprint density at radius 1 is 1.27 bits per heavy atom. The smallest absolute Gasteiger partial charge is 0.346 e. The van der Waals surface area contributed by atoms with Gasteiger partial charge >= 0.3 is 5.69 Å². The number of aromatic nitrogens is 5. The molecule has 158 valence electrons. The summed E-state index contributed by atoms with van der Waals surface area (Å²) in [5.41, 5.74) is 1.43. The first kappa shape index (κ1) is 20.1. The molecule has 0 aromatic carbocycles. The van der Waals surface area contributed by atoms with Crippen molar-refractivity contribution in [2.45, 2.75) is 64.7 Å². The lowest BCUT2D eigenvalue weighted by molar-refractivity contribution is 0.0932. The van der Waals surface area contributed by atoms with E-state index in [-0.39, 0.29) is 23.2 Å². The second-order valence-corrected chi connectivity index (χ2v) is 8.85. The molecule has 0 fully saturated rings. The zero-order valence-electron chi connectivity index (χ0n) is 17.7. The highest BCUT2D eigenvalue weighted by atomic mass is 16.2. The zero-order valence-corrected chi connectivity index (χ0v) is 17.7. The number of fused-ring (bicyclic) bond motifs is 1. The van der Waals surface area contributed by atoms with Crippen LogP contribution in [-0.4, -0.2) is 35.8 Å². The van der Waals surface area contributed by atoms with Crippen LogP contribution in [0.2, 0.25) is 0 Å². The molecule has 1 atom stereocenters. The Bertz CT molecular complexity index is 1090. The van der Waals surface area contributed by atoms with Crippen LogP contribution in [0.4, 0.5) is 0 Å². The van der Waals surface area contributed by atoms with E-state index in [0.29, 0.717) is 31.5 Å². The third-order valence-electron chi connectivity index (χ3n) is 5.54. The third-order valence-corrected chi connectivity index (χ3v) is 5.54. The molecule has 0 saturated heterocycles. The highest BCUT2D eigenvalue weighted by Crippen LogP contribution is 2.17. The molecule has 4 heterocycles. The second-order valence-electron chi connectivity index (χ2n) is 8.85. The van der Waals surface area contributed by atoms with E-state index >= 15 is 0 Å². The molecule has 8 nitrogen and oxygen atoms in total. The van der Waals surface area contributed by atoms with E-state index in [1.165, 1.54) is 4.68 Å². The number of hydrogen-bond acceptors (Lipinski definition) is 4. The first-order valence-electron chi connectivity index (χ1n) is 10.4. The Balaban J connectivity index is 1.41. The molecule has 3 aromatic rings. The minimum Gasteiger partial charge on any atom is -0.349 e. The van der Waals surface area contributed by atoms with Crippen molar-refractivity contribution in [3.63, 3.8) is 0 Å². The van der Waals surface area contributed by atoms with Gasteiger partial charge in [0.1, 0.15) is 5.82 Å². The largest absolute Gasteiger partial charge is 0.349 e. The Labute approximate surface area is 175 Å². The highest BCUT2D eigenvalue weighted by Gasteiger charge is 2.23. The highest BCUT2D eigenvalue weighted by molar-refractivity contribution is 5.94. The van der Waals surface area contributed by atoms with Crippen LogP contribution in [0.15, 0.2) is 47.8 Å². The molecule has 0 saturated carbocycles. The van der Waals surface area contributed by atoms with Gasteiger partial charge in [0.15, 0.2) is 0 Å². The summed E-state index contributed by atoms with van der Waals surface area (Å²) >= 11 is 0. The lowest BCUT2D eigenvalue weighted by atomic mass is 10.1. The summed E-state index contributed by atoms with van der Waals surface area (Å²) in [5.74, 6) is 0.705. The molecule has 30 heavy (non-hydrogen) atoms. The second kappa shape index (κ2) is 7.93. The molecule has 1 amide bonds. The van der Waals surface area contributed by atoms with E-state index in [4.69, 9.17) is 0 Å². The lowest BCUT2D eigenvalue weighted by Crippen LogP contribution is -2.35. The Morgan fingerprint density at radius 3 is 2.80 bits per heavy atom. The van der Waals surface area contributed by atoms with Crippen molar-refractivity contribution in [1.29, 1.82) is 0 Å². The fraction of sp³-hybridized carbons (Fsp3) is 0.455. The third kappa shape index (κ3) is 4.22. The molecular weight excluding hydrogens is 380 g/mol. The van der Waals surface area contributed by atoms with Crippen LogP contribution < -0.4 is 11.0 Å². The number of nitrogens with zero attached hydrogens (tertiary/aromatic N) is 5. The summed E-state index contributed by atoms with van der Waals surface area (Å²) in [6.07, 6.45) is 9.39. The topological polar surface area (TPSA) is 86.7 Å². The molecule has 1 unspecified atom stereocenters. The maximum atomic E-state index is 12.8. The number of aryl methyl sites for hydroxylation is 1. The van der Waals surface area contributed by atoms with E-state index in [1.807, 2.05) is 35.2 Å². The minimum absolute atomic E-state index is 0.0170. The van der Waals surface area contributed by atoms with Gasteiger partial charge in [-0.05, 0) is 51.3 Å². The van der Waals surface area contributed by atoms with E-state index < -0.39 is 0 Å². The summed E-state index contributed by atoms with van der Waals surface area (Å²) in [6, 6.07) is 5.65. The van der Waals surface area contributed by atoms with Crippen LogP contribution in [0.25, 0.3) is 0 Å². The summed E-state index contributed by atoms with van der Waals surface area (Å²) in [4.78, 5) is 29.5. The van der Waals surface area contributed by atoms with E-state index in [1.54, 1.807) is 17.0 Å². The molecule has 3 aromatic heterocycles. The van der Waals surface area contributed by atoms with Gasteiger partial charge in [-0.1, -0.05) is 6.07 Å². The molecule has 0 radical (unpaired) electrons. The Morgan fingerprint density at radius 2 is 2.10 bits per heavy atom. The molecule has 0 spiro atoms. The van der Waals surface area contributed by atoms with Crippen LogP contribution in [0.1, 0.15) is 55.4 Å². The van der Waals surface area contributed by atoms with E-state index in [9.17, 15) is 9.59 Å². The van der Waals surface area contributed by atoms with Crippen molar-refractivity contribution in [3.05, 3.63) is 70.4 Å². The molecule has 0 aliphatic carbocycles. The van der Waals surface area contributed by atoms with Gasteiger partial charge in [0.25, 0.3) is 5.91 Å². The maximum absolute atomic E-state index is 12.8. The number of amides is 1. The van der Waals surface area contributed by atoms with Crippen molar-refractivity contribution in [2.75, 3.05) is 0 Å². The SMILES string of the molecule is CC(C)(C)n1ccc(C(=O)NC2CCc3nn(Cc4cccnc4)c(=O)n3CC2)c1. The molecule has 4 rings (SSSR count). The van der Waals surface area contributed by atoms with Gasteiger partial charge in [0, 0.05) is 49.3 Å². The molecule has 1 aliphatic heterocycles. The van der Waals surface area contributed by atoms with Crippen molar-refractivity contribution >= 4 is 5.91 Å². The Kier molecular flexibility index (Phi) is 5.32.